The third-order valence-corrected chi connectivity index (χ3v) is 6.26. The maximum atomic E-state index is 13.5. The third kappa shape index (κ3) is 3.64. The predicted molar refractivity (Wildman–Crippen MR) is 126 cm³/mol. The Kier molecular flexibility index (Phi) is 4.87. The van der Waals surface area contributed by atoms with Crippen LogP contribution in [0.5, 0.6) is 0 Å². The van der Waals surface area contributed by atoms with Gasteiger partial charge in [0.25, 0.3) is 5.56 Å². The molecule has 0 amide bonds. The summed E-state index contributed by atoms with van der Waals surface area (Å²) < 4.78 is 3.77. The van der Waals surface area contributed by atoms with Crippen LogP contribution in [0.2, 0.25) is 0 Å². The minimum absolute atomic E-state index is 0.0519. The van der Waals surface area contributed by atoms with Gasteiger partial charge in [-0.25, -0.2) is 9.97 Å². The standard InChI is InChI=1S/C25H22N4OS/c1-16-11-17(2)13-20(12-16)29-24(30)21-8-4-5-9-22(21)27-25(29)31-15-19-14-28-10-6-7-18(3)23(28)26-19/h4-14H,15H2,1-3H3. The van der Waals surface area contributed by atoms with E-state index in [0.717, 1.165) is 33.7 Å². The molecule has 0 aliphatic carbocycles. The van der Waals surface area contributed by atoms with Crippen LogP contribution in [0.15, 0.2) is 76.9 Å². The minimum atomic E-state index is -0.0519. The van der Waals surface area contributed by atoms with Gasteiger partial charge in [0, 0.05) is 18.1 Å². The van der Waals surface area contributed by atoms with Crippen LogP contribution in [-0.2, 0) is 5.75 Å². The summed E-state index contributed by atoms with van der Waals surface area (Å²) in [5, 5.41) is 1.29. The summed E-state index contributed by atoms with van der Waals surface area (Å²) >= 11 is 1.53. The summed E-state index contributed by atoms with van der Waals surface area (Å²) in [4.78, 5) is 23.1. The molecule has 0 fully saturated rings. The number of imidazole rings is 1. The molecule has 0 aliphatic heterocycles. The number of benzene rings is 2. The number of fused-ring (bicyclic) bond motifs is 2. The number of para-hydroxylation sites is 1. The van der Waals surface area contributed by atoms with E-state index in [1.165, 1.54) is 11.8 Å². The van der Waals surface area contributed by atoms with Crippen LogP contribution in [0, 0.1) is 20.8 Å². The fourth-order valence-corrected chi connectivity index (χ4v) is 4.83. The number of nitrogens with zero attached hydrogens (tertiary/aromatic N) is 4. The molecule has 5 nitrogen and oxygen atoms in total. The fraction of sp³-hybridized carbons (Fsp3) is 0.160. The highest BCUT2D eigenvalue weighted by Crippen LogP contribution is 2.26. The van der Waals surface area contributed by atoms with Crippen molar-refractivity contribution >= 4 is 28.3 Å². The Hall–Kier alpha value is -3.38. The maximum Gasteiger partial charge on any atom is 0.266 e. The highest BCUT2D eigenvalue weighted by atomic mass is 32.2. The van der Waals surface area contributed by atoms with Crippen molar-refractivity contribution in [3.05, 3.63) is 99.7 Å². The second kappa shape index (κ2) is 7.71. The van der Waals surface area contributed by atoms with E-state index in [-0.39, 0.29) is 5.56 Å². The number of pyridine rings is 1. The largest absolute Gasteiger partial charge is 0.307 e. The van der Waals surface area contributed by atoms with Gasteiger partial charge in [0.2, 0.25) is 0 Å². The number of thioether (sulfide) groups is 1. The Bertz CT molecular complexity index is 1480. The molecule has 3 heterocycles. The lowest BCUT2D eigenvalue weighted by molar-refractivity contribution is 0.817. The van der Waals surface area contributed by atoms with Gasteiger partial charge in [0.15, 0.2) is 5.16 Å². The lowest BCUT2D eigenvalue weighted by Gasteiger charge is -2.14. The Labute approximate surface area is 184 Å². The lowest BCUT2D eigenvalue weighted by atomic mass is 10.1. The van der Waals surface area contributed by atoms with Gasteiger partial charge >= 0.3 is 0 Å². The average Bonchev–Trinajstić information content (AvgIpc) is 3.16. The van der Waals surface area contributed by atoms with Gasteiger partial charge in [0.05, 0.1) is 22.3 Å². The van der Waals surface area contributed by atoms with Crippen LogP contribution in [0.3, 0.4) is 0 Å². The molecule has 0 bridgehead atoms. The van der Waals surface area contributed by atoms with Gasteiger partial charge in [-0.3, -0.25) is 9.36 Å². The highest BCUT2D eigenvalue weighted by Gasteiger charge is 2.15. The topological polar surface area (TPSA) is 52.2 Å². The third-order valence-electron chi connectivity index (χ3n) is 5.29. The monoisotopic (exact) mass is 426 g/mol. The summed E-state index contributed by atoms with van der Waals surface area (Å²) in [7, 11) is 0. The molecule has 0 saturated carbocycles. The first-order valence-corrected chi connectivity index (χ1v) is 11.1. The van der Waals surface area contributed by atoms with E-state index in [2.05, 4.69) is 19.1 Å². The SMILES string of the molecule is Cc1cc(C)cc(-n2c(SCc3cn4cccc(C)c4n3)nc3ccccc3c2=O)c1. The molecule has 0 aliphatic rings. The van der Waals surface area contributed by atoms with Crippen LogP contribution >= 0.6 is 11.8 Å². The number of aryl methyl sites for hydroxylation is 3. The summed E-state index contributed by atoms with van der Waals surface area (Å²) in [5.41, 5.74) is 6.77. The summed E-state index contributed by atoms with van der Waals surface area (Å²) in [5.74, 6) is 0.622. The Morgan fingerprint density at radius 1 is 0.935 bits per heavy atom. The minimum Gasteiger partial charge on any atom is -0.307 e. The van der Waals surface area contributed by atoms with E-state index < -0.39 is 0 Å². The second-order valence-electron chi connectivity index (χ2n) is 7.84. The first-order valence-electron chi connectivity index (χ1n) is 10.2. The molecule has 0 unspecified atom stereocenters. The van der Waals surface area contributed by atoms with Crippen LogP contribution in [0.4, 0.5) is 0 Å². The van der Waals surface area contributed by atoms with Crippen LogP contribution in [-0.4, -0.2) is 18.9 Å². The first-order chi connectivity index (χ1) is 15.0. The molecule has 0 radical (unpaired) electrons. The van der Waals surface area contributed by atoms with E-state index in [4.69, 9.17) is 9.97 Å². The molecular formula is C25H22N4OS. The molecule has 6 heteroatoms. The van der Waals surface area contributed by atoms with Crippen molar-refractivity contribution in [2.75, 3.05) is 0 Å². The zero-order chi connectivity index (χ0) is 21.5. The van der Waals surface area contributed by atoms with Crippen molar-refractivity contribution in [3.63, 3.8) is 0 Å². The second-order valence-corrected chi connectivity index (χ2v) is 8.78. The van der Waals surface area contributed by atoms with Crippen molar-refractivity contribution in [1.82, 2.24) is 18.9 Å². The van der Waals surface area contributed by atoms with Crippen molar-refractivity contribution < 1.29 is 0 Å². The Morgan fingerprint density at radius 2 is 1.71 bits per heavy atom. The number of rotatable bonds is 4. The van der Waals surface area contributed by atoms with Crippen LogP contribution in [0.1, 0.15) is 22.4 Å². The predicted octanol–water partition coefficient (Wildman–Crippen LogP) is 5.25. The van der Waals surface area contributed by atoms with Gasteiger partial charge in [0.1, 0.15) is 5.65 Å². The first kappa shape index (κ1) is 19.6. The van der Waals surface area contributed by atoms with Crippen LogP contribution < -0.4 is 5.56 Å². The van der Waals surface area contributed by atoms with E-state index in [1.807, 2.05) is 73.1 Å². The van der Waals surface area contributed by atoms with Gasteiger partial charge in [-0.1, -0.05) is 36.0 Å². The van der Waals surface area contributed by atoms with Crippen molar-refractivity contribution in [3.8, 4) is 5.69 Å². The Balaban J connectivity index is 1.62. The quantitative estimate of drug-likeness (QED) is 0.291. The highest BCUT2D eigenvalue weighted by molar-refractivity contribution is 7.98. The maximum absolute atomic E-state index is 13.5. The molecule has 2 aromatic carbocycles. The van der Waals surface area contributed by atoms with Crippen molar-refractivity contribution in [2.24, 2.45) is 0 Å². The molecule has 0 saturated heterocycles. The van der Waals surface area contributed by atoms with Crippen molar-refractivity contribution in [2.45, 2.75) is 31.7 Å². The molecule has 5 aromatic rings. The van der Waals surface area contributed by atoms with Crippen LogP contribution in [0.25, 0.3) is 22.2 Å². The van der Waals surface area contributed by atoms with E-state index >= 15 is 0 Å². The fourth-order valence-electron chi connectivity index (χ4n) is 3.93. The zero-order valence-electron chi connectivity index (χ0n) is 17.7. The van der Waals surface area contributed by atoms with Gasteiger partial charge in [-0.2, -0.15) is 0 Å². The zero-order valence-corrected chi connectivity index (χ0v) is 18.5. The summed E-state index contributed by atoms with van der Waals surface area (Å²) in [6.07, 6.45) is 4.04. The van der Waals surface area contributed by atoms with Gasteiger partial charge in [-0.15, -0.1) is 0 Å². The summed E-state index contributed by atoms with van der Waals surface area (Å²) in [6, 6.07) is 17.8. The molecule has 5 rings (SSSR count). The normalized spacial score (nSPS) is 11.5. The Morgan fingerprint density at radius 3 is 2.48 bits per heavy atom. The molecule has 0 N–H and O–H groups in total. The molecular weight excluding hydrogens is 404 g/mol. The molecule has 31 heavy (non-hydrogen) atoms. The van der Waals surface area contributed by atoms with Gasteiger partial charge < -0.3 is 4.40 Å². The average molecular weight is 427 g/mol. The smallest absolute Gasteiger partial charge is 0.266 e. The summed E-state index contributed by atoms with van der Waals surface area (Å²) in [6.45, 7) is 6.14. The number of hydrogen-bond acceptors (Lipinski definition) is 4. The number of hydrogen-bond donors (Lipinski definition) is 0. The molecule has 0 spiro atoms. The van der Waals surface area contributed by atoms with Gasteiger partial charge in [-0.05, 0) is 67.8 Å². The van der Waals surface area contributed by atoms with E-state index in [9.17, 15) is 4.79 Å². The molecule has 0 atom stereocenters. The van der Waals surface area contributed by atoms with E-state index in [0.29, 0.717) is 21.8 Å². The number of aromatic nitrogens is 4. The lowest BCUT2D eigenvalue weighted by Crippen LogP contribution is -2.22. The van der Waals surface area contributed by atoms with E-state index in [1.54, 1.807) is 4.57 Å². The van der Waals surface area contributed by atoms with Crippen molar-refractivity contribution in [1.29, 1.82) is 0 Å². The molecule has 154 valence electrons. The molecule has 3 aromatic heterocycles.